The summed E-state index contributed by atoms with van der Waals surface area (Å²) in [6.07, 6.45) is 0. The first-order valence-corrected chi connectivity index (χ1v) is 6.51. The van der Waals surface area contributed by atoms with E-state index in [4.69, 9.17) is 17.3 Å². The van der Waals surface area contributed by atoms with Gasteiger partial charge in [0.05, 0.1) is 10.7 Å². The number of rotatable bonds is 3. The minimum atomic E-state index is 0.275. The molecule has 0 atom stereocenters. The maximum atomic E-state index is 6.13. The van der Waals surface area contributed by atoms with E-state index in [-0.39, 0.29) is 5.92 Å². The van der Waals surface area contributed by atoms with E-state index in [1.54, 1.807) is 18.2 Å². The van der Waals surface area contributed by atoms with Crippen molar-refractivity contribution >= 4 is 28.8 Å². The summed E-state index contributed by atoms with van der Waals surface area (Å²) < 4.78 is 0. The highest BCUT2D eigenvalue weighted by molar-refractivity contribution is 6.33. The van der Waals surface area contributed by atoms with Gasteiger partial charge in [-0.1, -0.05) is 25.4 Å². The van der Waals surface area contributed by atoms with E-state index >= 15 is 0 Å². The summed E-state index contributed by atoms with van der Waals surface area (Å²) in [4.78, 5) is 8.88. The third-order valence-electron chi connectivity index (χ3n) is 2.64. The van der Waals surface area contributed by atoms with Crippen LogP contribution in [-0.4, -0.2) is 9.97 Å². The Bertz CT molecular complexity index is 596. The van der Waals surface area contributed by atoms with E-state index in [0.29, 0.717) is 10.7 Å². The van der Waals surface area contributed by atoms with E-state index in [1.165, 1.54) is 0 Å². The Kier molecular flexibility index (Phi) is 3.90. The standard InChI is InChI=1S/C14H17ClN4/c1-8(2)14-17-9(3)6-13(19-14)18-12-7-10(16)4-5-11(12)15/h4-8H,16H2,1-3H3,(H,17,18,19). The number of hydrogen-bond acceptors (Lipinski definition) is 4. The smallest absolute Gasteiger partial charge is 0.134 e. The average Bonchev–Trinajstić information content (AvgIpc) is 2.33. The number of aryl methyl sites for hydroxylation is 1. The van der Waals surface area contributed by atoms with Crippen LogP contribution in [0.2, 0.25) is 5.02 Å². The summed E-state index contributed by atoms with van der Waals surface area (Å²) in [6, 6.07) is 7.19. The van der Waals surface area contributed by atoms with Crippen LogP contribution in [0.1, 0.15) is 31.3 Å². The first kappa shape index (κ1) is 13.6. The molecule has 0 saturated carbocycles. The molecule has 0 radical (unpaired) electrons. The van der Waals surface area contributed by atoms with Crippen LogP contribution >= 0.6 is 11.6 Å². The number of hydrogen-bond donors (Lipinski definition) is 2. The summed E-state index contributed by atoms with van der Waals surface area (Å²) in [6.45, 7) is 6.07. The second-order valence-electron chi connectivity index (χ2n) is 4.77. The summed E-state index contributed by atoms with van der Waals surface area (Å²) in [5.41, 5.74) is 8.07. The molecule has 1 aromatic carbocycles. The third kappa shape index (κ3) is 3.35. The van der Waals surface area contributed by atoms with Crippen LogP contribution in [0.4, 0.5) is 17.2 Å². The molecule has 100 valence electrons. The third-order valence-corrected chi connectivity index (χ3v) is 2.97. The molecule has 1 heterocycles. The zero-order chi connectivity index (χ0) is 14.0. The number of benzene rings is 1. The highest BCUT2D eigenvalue weighted by Gasteiger charge is 2.08. The summed E-state index contributed by atoms with van der Waals surface area (Å²) in [7, 11) is 0. The Balaban J connectivity index is 2.35. The van der Waals surface area contributed by atoms with Gasteiger partial charge < -0.3 is 11.1 Å². The maximum Gasteiger partial charge on any atom is 0.134 e. The summed E-state index contributed by atoms with van der Waals surface area (Å²) in [5, 5.41) is 3.79. The number of halogens is 1. The lowest BCUT2D eigenvalue weighted by Gasteiger charge is -2.11. The summed E-state index contributed by atoms with van der Waals surface area (Å²) in [5.74, 6) is 1.81. The molecule has 2 rings (SSSR count). The van der Waals surface area contributed by atoms with Crippen LogP contribution in [0.5, 0.6) is 0 Å². The van der Waals surface area contributed by atoms with Gasteiger partial charge >= 0.3 is 0 Å². The molecule has 5 heteroatoms. The lowest BCUT2D eigenvalue weighted by molar-refractivity contribution is 0.768. The van der Waals surface area contributed by atoms with Crippen molar-refractivity contribution in [2.75, 3.05) is 11.1 Å². The van der Waals surface area contributed by atoms with Gasteiger partial charge in [-0.05, 0) is 25.1 Å². The fraction of sp³-hybridized carbons (Fsp3) is 0.286. The molecule has 0 aliphatic rings. The Morgan fingerprint density at radius 2 is 1.95 bits per heavy atom. The molecule has 19 heavy (non-hydrogen) atoms. The SMILES string of the molecule is Cc1cc(Nc2cc(N)ccc2Cl)nc(C(C)C)n1. The summed E-state index contributed by atoms with van der Waals surface area (Å²) >= 11 is 6.13. The van der Waals surface area contributed by atoms with Gasteiger partial charge in [-0.2, -0.15) is 0 Å². The number of nitrogens with one attached hydrogen (secondary N) is 1. The highest BCUT2D eigenvalue weighted by atomic mass is 35.5. The Hall–Kier alpha value is -1.81. The lowest BCUT2D eigenvalue weighted by atomic mass is 10.2. The molecule has 0 aliphatic carbocycles. The Labute approximate surface area is 118 Å². The van der Waals surface area contributed by atoms with Crippen LogP contribution in [0, 0.1) is 6.92 Å². The molecule has 0 unspecified atom stereocenters. The van der Waals surface area contributed by atoms with E-state index < -0.39 is 0 Å². The van der Waals surface area contributed by atoms with Crippen LogP contribution in [-0.2, 0) is 0 Å². The zero-order valence-corrected chi connectivity index (χ0v) is 12.0. The minimum Gasteiger partial charge on any atom is -0.399 e. The largest absolute Gasteiger partial charge is 0.399 e. The van der Waals surface area contributed by atoms with Gasteiger partial charge in [-0.3, -0.25) is 0 Å². The van der Waals surface area contributed by atoms with Crippen molar-refractivity contribution in [3.05, 3.63) is 40.8 Å². The number of nitrogens with two attached hydrogens (primary N) is 1. The van der Waals surface area contributed by atoms with Crippen LogP contribution in [0.3, 0.4) is 0 Å². The van der Waals surface area contributed by atoms with Gasteiger partial charge in [-0.15, -0.1) is 0 Å². The predicted octanol–water partition coefficient (Wildman–Crippen LogP) is 3.89. The fourth-order valence-electron chi connectivity index (χ4n) is 1.69. The van der Waals surface area contributed by atoms with Crippen molar-refractivity contribution in [2.24, 2.45) is 0 Å². The molecular weight excluding hydrogens is 260 g/mol. The van der Waals surface area contributed by atoms with Crippen molar-refractivity contribution in [1.82, 2.24) is 9.97 Å². The normalized spacial score (nSPS) is 10.8. The average molecular weight is 277 g/mol. The van der Waals surface area contributed by atoms with E-state index in [9.17, 15) is 0 Å². The van der Waals surface area contributed by atoms with Crippen molar-refractivity contribution in [1.29, 1.82) is 0 Å². The molecule has 2 aromatic rings. The molecule has 1 aromatic heterocycles. The molecule has 0 amide bonds. The Morgan fingerprint density at radius 1 is 1.21 bits per heavy atom. The number of anilines is 3. The highest BCUT2D eigenvalue weighted by Crippen LogP contribution is 2.27. The molecular formula is C14H17ClN4. The molecule has 0 bridgehead atoms. The van der Waals surface area contributed by atoms with Crippen LogP contribution in [0.25, 0.3) is 0 Å². The quantitative estimate of drug-likeness (QED) is 0.835. The molecule has 0 saturated heterocycles. The van der Waals surface area contributed by atoms with Gasteiger partial charge in [-0.25, -0.2) is 9.97 Å². The molecule has 4 nitrogen and oxygen atoms in total. The van der Waals surface area contributed by atoms with Crippen molar-refractivity contribution in [2.45, 2.75) is 26.7 Å². The van der Waals surface area contributed by atoms with Crippen LogP contribution < -0.4 is 11.1 Å². The van der Waals surface area contributed by atoms with Gasteiger partial charge in [0.1, 0.15) is 11.6 Å². The first-order valence-electron chi connectivity index (χ1n) is 6.13. The minimum absolute atomic E-state index is 0.275. The predicted molar refractivity (Wildman–Crippen MR) is 80.0 cm³/mol. The van der Waals surface area contributed by atoms with Crippen LogP contribution in [0.15, 0.2) is 24.3 Å². The van der Waals surface area contributed by atoms with E-state index in [0.717, 1.165) is 23.0 Å². The van der Waals surface area contributed by atoms with Crippen molar-refractivity contribution < 1.29 is 0 Å². The molecule has 3 N–H and O–H groups in total. The van der Waals surface area contributed by atoms with E-state index in [1.807, 2.05) is 13.0 Å². The number of nitrogen functional groups attached to an aromatic ring is 1. The van der Waals surface area contributed by atoms with Gasteiger partial charge in [0, 0.05) is 23.4 Å². The zero-order valence-electron chi connectivity index (χ0n) is 11.2. The number of nitrogens with zero attached hydrogens (tertiary/aromatic N) is 2. The molecule has 0 spiro atoms. The molecule has 0 aliphatic heterocycles. The first-order chi connectivity index (χ1) is 8.95. The van der Waals surface area contributed by atoms with Gasteiger partial charge in [0.2, 0.25) is 0 Å². The second-order valence-corrected chi connectivity index (χ2v) is 5.18. The monoisotopic (exact) mass is 276 g/mol. The number of aromatic nitrogens is 2. The van der Waals surface area contributed by atoms with Gasteiger partial charge in [0.25, 0.3) is 0 Å². The van der Waals surface area contributed by atoms with Gasteiger partial charge in [0.15, 0.2) is 0 Å². The topological polar surface area (TPSA) is 63.8 Å². The maximum absolute atomic E-state index is 6.13. The lowest BCUT2D eigenvalue weighted by Crippen LogP contribution is -2.03. The second kappa shape index (κ2) is 5.45. The fourth-order valence-corrected chi connectivity index (χ4v) is 1.86. The molecule has 0 fully saturated rings. The van der Waals surface area contributed by atoms with Crippen molar-refractivity contribution in [3.8, 4) is 0 Å². The Morgan fingerprint density at radius 3 is 2.63 bits per heavy atom. The van der Waals surface area contributed by atoms with E-state index in [2.05, 4.69) is 29.1 Å². The van der Waals surface area contributed by atoms with Crippen molar-refractivity contribution in [3.63, 3.8) is 0 Å².